The zero-order valence-electron chi connectivity index (χ0n) is 32.4. The molecule has 318 valence electrons. The molecule has 1 unspecified atom stereocenters. The molecule has 60 heavy (non-hydrogen) atoms. The summed E-state index contributed by atoms with van der Waals surface area (Å²) in [5, 5.41) is 19.4. The van der Waals surface area contributed by atoms with E-state index in [-0.39, 0.29) is 93.4 Å². The van der Waals surface area contributed by atoms with Crippen molar-refractivity contribution in [1.29, 1.82) is 5.26 Å². The number of ether oxygens (including phenoxy) is 5. The van der Waals surface area contributed by atoms with Crippen LogP contribution >= 0.6 is 12.2 Å². The maximum atomic E-state index is 13.6. The lowest BCUT2D eigenvalue weighted by molar-refractivity contribution is -0.138. The van der Waals surface area contributed by atoms with Crippen LogP contribution in [0.3, 0.4) is 0 Å². The van der Waals surface area contributed by atoms with Gasteiger partial charge in [-0.3, -0.25) is 39.1 Å². The van der Waals surface area contributed by atoms with Crippen molar-refractivity contribution in [2.75, 3.05) is 57.8 Å². The van der Waals surface area contributed by atoms with E-state index >= 15 is 0 Å². The second kappa shape index (κ2) is 18.6. The Hall–Kier alpha value is -5.86. The maximum Gasteiger partial charge on any atom is 0.417 e. The molecule has 22 heteroatoms. The van der Waals surface area contributed by atoms with Gasteiger partial charge in [-0.2, -0.15) is 18.4 Å². The van der Waals surface area contributed by atoms with Crippen molar-refractivity contribution < 1.29 is 60.8 Å². The molecule has 3 aliphatic rings. The Balaban J connectivity index is 0.829. The summed E-state index contributed by atoms with van der Waals surface area (Å²) in [6, 6.07) is 8.04. The number of piperidine rings is 1. The number of alkyl halides is 3. The Morgan fingerprint density at radius 3 is 2.25 bits per heavy atom. The molecule has 0 saturated carbocycles. The third-order valence-electron chi connectivity index (χ3n) is 9.66. The number of nitriles is 1. The van der Waals surface area contributed by atoms with E-state index in [1.165, 1.54) is 27.8 Å². The number of aromatic nitrogens is 3. The van der Waals surface area contributed by atoms with E-state index in [9.17, 15) is 37.1 Å². The first-order chi connectivity index (χ1) is 28.6. The fourth-order valence-electron chi connectivity index (χ4n) is 6.57. The van der Waals surface area contributed by atoms with Crippen molar-refractivity contribution in [1.82, 2.24) is 30.1 Å². The summed E-state index contributed by atoms with van der Waals surface area (Å²) in [6.07, 6.45) is -3.14. The summed E-state index contributed by atoms with van der Waals surface area (Å²) < 4.78 is 70.2. The second-order valence-electron chi connectivity index (χ2n) is 14.0. The zero-order chi connectivity index (χ0) is 43.2. The van der Waals surface area contributed by atoms with Crippen molar-refractivity contribution in [3.05, 3.63) is 70.5 Å². The number of hydrogen-bond acceptors (Lipinski definition) is 14. The molecular weight excluding hydrogens is 818 g/mol. The van der Waals surface area contributed by atoms with Gasteiger partial charge in [0.05, 0.1) is 93.1 Å². The summed E-state index contributed by atoms with van der Waals surface area (Å²) >= 11 is 5.53. The Labute approximate surface area is 346 Å². The minimum absolute atomic E-state index is 0.0214. The minimum Gasteiger partial charge on any atom is -0.490 e. The van der Waals surface area contributed by atoms with Gasteiger partial charge in [-0.25, -0.2) is 4.68 Å². The number of benzene rings is 2. The smallest absolute Gasteiger partial charge is 0.417 e. The van der Waals surface area contributed by atoms with E-state index in [2.05, 4.69) is 15.6 Å². The highest BCUT2D eigenvalue weighted by Gasteiger charge is 2.50. The molecule has 1 atom stereocenters. The van der Waals surface area contributed by atoms with E-state index < -0.39 is 58.4 Å². The standard InChI is InChI=1S/C38H39F3N8O10S/c1-37(2)35(54)48(25-7-6-23(19-42)27(18-25)38(39,40)41)36(60)47(37)22-46-20-24(44-45-46)21-58-15-14-56-11-10-55-12-13-57-16-17-59-29-5-3-4-26-31(29)34(53)49(33(26)52)28-8-9-30(50)43-32(28)51/h3-7,18,20,28H,8-17,21-22H2,1-2H3,(H,43,50,51). The largest absolute Gasteiger partial charge is 0.490 e. The number of anilines is 1. The average Bonchev–Trinajstić information content (AvgIpc) is 3.81. The highest BCUT2D eigenvalue weighted by Crippen LogP contribution is 2.38. The Bertz CT molecular complexity index is 2210. The maximum absolute atomic E-state index is 13.6. The first kappa shape index (κ1) is 43.7. The average molecular weight is 857 g/mol. The van der Waals surface area contributed by atoms with Gasteiger partial charge in [0.25, 0.3) is 17.7 Å². The molecule has 0 radical (unpaired) electrons. The normalized spacial score (nSPS) is 17.7. The van der Waals surface area contributed by atoms with Crippen LogP contribution in [0.1, 0.15) is 64.2 Å². The van der Waals surface area contributed by atoms with Crippen LogP contribution in [0.4, 0.5) is 18.9 Å². The van der Waals surface area contributed by atoms with Crippen molar-refractivity contribution in [2.24, 2.45) is 0 Å². The lowest BCUT2D eigenvalue weighted by Gasteiger charge is -2.28. The van der Waals surface area contributed by atoms with Crippen molar-refractivity contribution in [3.8, 4) is 11.8 Å². The highest BCUT2D eigenvalue weighted by molar-refractivity contribution is 7.80. The van der Waals surface area contributed by atoms with Gasteiger partial charge in [0, 0.05) is 6.42 Å². The predicted molar refractivity (Wildman–Crippen MR) is 203 cm³/mol. The van der Waals surface area contributed by atoms with E-state index in [1.54, 1.807) is 32.2 Å². The number of thiocarbonyl (C=S) groups is 1. The van der Waals surface area contributed by atoms with Crippen LogP contribution in [0.15, 0.2) is 42.6 Å². The monoisotopic (exact) mass is 856 g/mol. The SMILES string of the molecule is CC1(C)C(=O)N(c2ccc(C#N)c(C(F)(F)F)c2)C(=S)N1Cn1cc(COCCOCCOCCOCCOc2cccc3c2C(=O)N(C2CCC(=O)NC2=O)C3=O)nn1. The number of nitrogens with one attached hydrogen (secondary N) is 1. The van der Waals surface area contributed by atoms with Gasteiger partial charge in [-0.05, 0) is 62.8 Å². The van der Waals surface area contributed by atoms with Gasteiger partial charge in [-0.15, -0.1) is 5.10 Å². The van der Waals surface area contributed by atoms with E-state index in [4.69, 9.17) is 41.2 Å². The number of fused-ring (bicyclic) bond motifs is 1. The van der Waals surface area contributed by atoms with Gasteiger partial charge >= 0.3 is 6.18 Å². The molecule has 0 aliphatic carbocycles. The number of imide groups is 2. The van der Waals surface area contributed by atoms with Crippen LogP contribution in [-0.2, 0) is 52.8 Å². The van der Waals surface area contributed by atoms with Crippen LogP contribution in [0, 0.1) is 11.3 Å². The van der Waals surface area contributed by atoms with Gasteiger partial charge in [0.2, 0.25) is 11.8 Å². The van der Waals surface area contributed by atoms with Crippen molar-refractivity contribution >= 4 is 52.6 Å². The van der Waals surface area contributed by atoms with Gasteiger partial charge in [0.1, 0.15) is 36.3 Å². The van der Waals surface area contributed by atoms with Crippen LogP contribution < -0.4 is 15.0 Å². The van der Waals surface area contributed by atoms with Crippen molar-refractivity contribution in [3.63, 3.8) is 0 Å². The Morgan fingerprint density at radius 2 is 1.60 bits per heavy atom. The van der Waals surface area contributed by atoms with E-state index in [1.807, 2.05) is 0 Å². The number of halogens is 3. The van der Waals surface area contributed by atoms with E-state index in [0.29, 0.717) is 18.9 Å². The molecule has 6 rings (SSSR count). The molecule has 0 bridgehead atoms. The van der Waals surface area contributed by atoms with Crippen LogP contribution in [0.2, 0.25) is 0 Å². The Kier molecular flexibility index (Phi) is 13.5. The van der Waals surface area contributed by atoms with Gasteiger partial charge < -0.3 is 28.6 Å². The summed E-state index contributed by atoms with van der Waals surface area (Å²) in [7, 11) is 0. The van der Waals surface area contributed by atoms with Crippen molar-refractivity contribution in [2.45, 2.75) is 57.7 Å². The number of amides is 5. The first-order valence-electron chi connectivity index (χ1n) is 18.6. The molecule has 2 saturated heterocycles. The fraction of sp³-hybridized carbons (Fsp3) is 0.447. The summed E-state index contributed by atoms with van der Waals surface area (Å²) in [5.74, 6) is -2.79. The van der Waals surface area contributed by atoms with Crippen LogP contribution in [0.5, 0.6) is 5.75 Å². The summed E-state index contributed by atoms with van der Waals surface area (Å²) in [4.78, 5) is 66.7. The molecule has 5 amide bonds. The molecule has 18 nitrogen and oxygen atoms in total. The zero-order valence-corrected chi connectivity index (χ0v) is 33.2. The summed E-state index contributed by atoms with van der Waals surface area (Å²) in [5.41, 5.74) is -2.43. The third-order valence-corrected chi connectivity index (χ3v) is 10.1. The second-order valence-corrected chi connectivity index (χ2v) is 14.4. The molecule has 2 fully saturated rings. The topological polar surface area (TPSA) is 208 Å². The lowest BCUT2D eigenvalue weighted by atomic mass is 10.0. The van der Waals surface area contributed by atoms with E-state index in [0.717, 1.165) is 21.9 Å². The molecule has 3 aliphatic heterocycles. The number of carbonyl (C=O) groups excluding carboxylic acids is 5. The van der Waals surface area contributed by atoms with Gasteiger partial charge in [-0.1, -0.05) is 11.3 Å². The Morgan fingerprint density at radius 1 is 0.933 bits per heavy atom. The highest BCUT2D eigenvalue weighted by atomic mass is 32.1. The number of nitrogens with zero attached hydrogens (tertiary/aromatic N) is 7. The number of hydrogen-bond donors (Lipinski definition) is 1. The fourth-order valence-corrected chi connectivity index (χ4v) is 7.05. The quantitative estimate of drug-likeness (QED) is 0.104. The molecule has 0 spiro atoms. The van der Waals surface area contributed by atoms with Crippen LogP contribution in [0.25, 0.3) is 0 Å². The molecule has 4 heterocycles. The molecule has 1 aromatic heterocycles. The molecule has 1 N–H and O–H groups in total. The summed E-state index contributed by atoms with van der Waals surface area (Å²) in [6.45, 7) is 5.16. The predicted octanol–water partition coefficient (Wildman–Crippen LogP) is 2.58. The number of carbonyl (C=O) groups is 5. The molecule has 2 aromatic carbocycles. The van der Waals surface area contributed by atoms with Crippen LogP contribution in [-0.4, -0.2) is 124 Å². The molecular formula is C38H39F3N8O10S. The minimum atomic E-state index is -4.81. The molecule has 3 aromatic rings. The van der Waals surface area contributed by atoms with Gasteiger partial charge in [0.15, 0.2) is 5.11 Å². The number of rotatable bonds is 19. The lowest BCUT2D eigenvalue weighted by Crippen LogP contribution is -2.54. The third kappa shape index (κ3) is 9.45. The first-order valence-corrected chi connectivity index (χ1v) is 19.0.